The molecule has 0 aliphatic heterocycles. The molecular formula is C16H25NO2S. The molecule has 0 radical (unpaired) electrons. The minimum Gasteiger partial charge on any atom is -0.389 e. The van der Waals surface area contributed by atoms with Crippen LogP contribution in [-0.4, -0.2) is 41.9 Å². The van der Waals surface area contributed by atoms with Crippen molar-refractivity contribution >= 4 is 11.8 Å². The molecule has 20 heavy (non-hydrogen) atoms. The lowest BCUT2D eigenvalue weighted by molar-refractivity contribution is 0.0277. The molecule has 1 aliphatic rings. The molecule has 1 saturated carbocycles. The minimum absolute atomic E-state index is 0.387. The van der Waals surface area contributed by atoms with Crippen molar-refractivity contribution in [3.05, 3.63) is 35.9 Å². The predicted molar refractivity (Wildman–Crippen MR) is 85.0 cm³/mol. The number of nitrogens with one attached hydrogen (secondary N) is 1. The molecule has 2 rings (SSSR count). The first-order valence-electron chi connectivity index (χ1n) is 7.35. The molecule has 4 heteroatoms. The van der Waals surface area contributed by atoms with Gasteiger partial charge in [0.05, 0.1) is 19.3 Å². The van der Waals surface area contributed by atoms with Crippen LogP contribution in [0.5, 0.6) is 0 Å². The molecular weight excluding hydrogens is 270 g/mol. The maximum Gasteiger partial charge on any atom is 0.0897 e. The van der Waals surface area contributed by atoms with E-state index in [4.69, 9.17) is 4.74 Å². The Morgan fingerprint density at radius 2 is 2.15 bits per heavy atom. The normalized spacial score (nSPS) is 23.9. The van der Waals surface area contributed by atoms with E-state index in [0.29, 0.717) is 31.1 Å². The first kappa shape index (κ1) is 15.8. The Labute approximate surface area is 126 Å². The molecule has 0 aromatic heterocycles. The summed E-state index contributed by atoms with van der Waals surface area (Å²) in [6.07, 6.45) is 5.55. The van der Waals surface area contributed by atoms with Gasteiger partial charge in [-0.05, 0) is 24.7 Å². The Kier molecular flexibility index (Phi) is 6.87. The van der Waals surface area contributed by atoms with E-state index in [1.54, 1.807) is 0 Å². The quantitative estimate of drug-likeness (QED) is 0.773. The lowest BCUT2D eigenvalue weighted by Gasteiger charge is -2.21. The van der Waals surface area contributed by atoms with Gasteiger partial charge in [0.1, 0.15) is 0 Å². The van der Waals surface area contributed by atoms with Gasteiger partial charge in [0.2, 0.25) is 0 Å². The third-order valence-corrected chi connectivity index (χ3v) is 4.96. The van der Waals surface area contributed by atoms with E-state index >= 15 is 0 Å². The Bertz CT molecular complexity index is 374. The van der Waals surface area contributed by atoms with Gasteiger partial charge in [-0.2, -0.15) is 11.8 Å². The molecule has 0 spiro atoms. The fraction of sp³-hybridized carbons (Fsp3) is 0.625. The highest BCUT2D eigenvalue weighted by Crippen LogP contribution is 2.28. The average molecular weight is 295 g/mol. The van der Waals surface area contributed by atoms with Crippen molar-refractivity contribution in [3.63, 3.8) is 0 Å². The van der Waals surface area contributed by atoms with Gasteiger partial charge in [-0.15, -0.1) is 0 Å². The van der Waals surface area contributed by atoms with Crippen LogP contribution in [0.15, 0.2) is 30.3 Å². The van der Waals surface area contributed by atoms with Crippen LogP contribution in [0.2, 0.25) is 0 Å². The molecule has 1 fully saturated rings. The smallest absolute Gasteiger partial charge is 0.0897 e. The van der Waals surface area contributed by atoms with Gasteiger partial charge < -0.3 is 15.2 Å². The second kappa shape index (κ2) is 8.67. The topological polar surface area (TPSA) is 41.5 Å². The predicted octanol–water partition coefficient (Wildman–Crippen LogP) is 2.44. The van der Waals surface area contributed by atoms with E-state index in [1.165, 1.54) is 19.3 Å². The van der Waals surface area contributed by atoms with Gasteiger partial charge in [-0.3, -0.25) is 0 Å². The maximum absolute atomic E-state index is 9.95. The van der Waals surface area contributed by atoms with Crippen molar-refractivity contribution in [2.75, 3.05) is 19.4 Å². The number of ether oxygens (including phenoxy) is 1. The number of hydrogen-bond acceptors (Lipinski definition) is 4. The lowest BCUT2D eigenvalue weighted by Crippen LogP contribution is -2.40. The third kappa shape index (κ3) is 5.09. The van der Waals surface area contributed by atoms with E-state index in [9.17, 15) is 5.11 Å². The first-order chi connectivity index (χ1) is 9.79. The molecule has 1 aliphatic carbocycles. The number of aliphatic hydroxyl groups is 1. The molecule has 2 N–H and O–H groups in total. The summed E-state index contributed by atoms with van der Waals surface area (Å²) in [7, 11) is 0. The summed E-state index contributed by atoms with van der Waals surface area (Å²) >= 11 is 1.93. The molecule has 112 valence electrons. The van der Waals surface area contributed by atoms with Crippen molar-refractivity contribution in [2.45, 2.75) is 43.3 Å². The Balaban J connectivity index is 1.59. The first-order valence-corrected chi connectivity index (χ1v) is 8.64. The van der Waals surface area contributed by atoms with Crippen LogP contribution in [0.3, 0.4) is 0 Å². The highest BCUT2D eigenvalue weighted by molar-refractivity contribution is 7.99. The van der Waals surface area contributed by atoms with Crippen LogP contribution >= 0.6 is 11.8 Å². The highest BCUT2D eigenvalue weighted by atomic mass is 32.2. The summed E-state index contributed by atoms with van der Waals surface area (Å²) < 4.78 is 5.55. The van der Waals surface area contributed by atoms with Crippen molar-refractivity contribution in [1.82, 2.24) is 5.32 Å². The van der Waals surface area contributed by atoms with Crippen LogP contribution in [0, 0.1) is 0 Å². The average Bonchev–Trinajstić information content (AvgIpc) is 2.94. The van der Waals surface area contributed by atoms with Crippen LogP contribution < -0.4 is 5.32 Å². The fourth-order valence-electron chi connectivity index (χ4n) is 2.68. The zero-order valence-corrected chi connectivity index (χ0v) is 12.9. The zero-order chi connectivity index (χ0) is 14.2. The largest absolute Gasteiger partial charge is 0.389 e. The second-order valence-electron chi connectivity index (χ2n) is 5.37. The Morgan fingerprint density at radius 3 is 2.90 bits per heavy atom. The summed E-state index contributed by atoms with van der Waals surface area (Å²) in [6, 6.07) is 10.6. The van der Waals surface area contributed by atoms with E-state index < -0.39 is 6.10 Å². The number of rotatable bonds is 8. The van der Waals surface area contributed by atoms with Crippen LogP contribution in [0.1, 0.15) is 24.8 Å². The molecule has 0 saturated heterocycles. The van der Waals surface area contributed by atoms with Crippen molar-refractivity contribution in [1.29, 1.82) is 0 Å². The third-order valence-electron chi connectivity index (χ3n) is 3.79. The van der Waals surface area contributed by atoms with Gasteiger partial charge >= 0.3 is 0 Å². The number of hydrogen-bond donors (Lipinski definition) is 2. The zero-order valence-electron chi connectivity index (χ0n) is 12.1. The van der Waals surface area contributed by atoms with Crippen LogP contribution in [-0.2, 0) is 11.3 Å². The van der Waals surface area contributed by atoms with Gasteiger partial charge in [-0.1, -0.05) is 36.8 Å². The second-order valence-corrected chi connectivity index (χ2v) is 6.45. The van der Waals surface area contributed by atoms with Crippen molar-refractivity contribution in [3.8, 4) is 0 Å². The summed E-state index contributed by atoms with van der Waals surface area (Å²) in [5.74, 6) is 0. The van der Waals surface area contributed by atoms with Crippen molar-refractivity contribution < 1.29 is 9.84 Å². The van der Waals surface area contributed by atoms with Crippen molar-refractivity contribution in [2.24, 2.45) is 0 Å². The van der Waals surface area contributed by atoms with Crippen LogP contribution in [0.25, 0.3) is 0 Å². The standard InChI is InChI=1S/C16H25NO2S/c1-20-16-9-5-8-15(16)17-10-14(18)12-19-11-13-6-3-2-4-7-13/h2-4,6-7,14-18H,5,8-12H2,1H3. The van der Waals surface area contributed by atoms with Crippen LogP contribution in [0.4, 0.5) is 0 Å². The number of benzene rings is 1. The van der Waals surface area contributed by atoms with E-state index in [2.05, 4.69) is 11.6 Å². The Morgan fingerprint density at radius 1 is 1.35 bits per heavy atom. The monoisotopic (exact) mass is 295 g/mol. The fourth-order valence-corrected chi connectivity index (χ4v) is 3.64. The molecule has 0 heterocycles. The molecule has 3 atom stereocenters. The van der Waals surface area contributed by atoms with Gasteiger partial charge in [0.25, 0.3) is 0 Å². The summed E-state index contributed by atoms with van der Waals surface area (Å²) in [5.41, 5.74) is 1.14. The minimum atomic E-state index is -0.429. The molecule has 1 aromatic rings. The number of thioether (sulfide) groups is 1. The maximum atomic E-state index is 9.95. The highest BCUT2D eigenvalue weighted by Gasteiger charge is 2.26. The summed E-state index contributed by atoms with van der Waals surface area (Å²) in [4.78, 5) is 0. The lowest BCUT2D eigenvalue weighted by atomic mass is 10.2. The van der Waals surface area contributed by atoms with E-state index in [-0.39, 0.29) is 0 Å². The van der Waals surface area contributed by atoms with Gasteiger partial charge in [-0.25, -0.2) is 0 Å². The molecule has 3 nitrogen and oxygen atoms in total. The SMILES string of the molecule is CSC1CCCC1NCC(O)COCc1ccccc1. The summed E-state index contributed by atoms with van der Waals surface area (Å²) in [5, 5.41) is 14.1. The summed E-state index contributed by atoms with van der Waals surface area (Å²) in [6.45, 7) is 1.57. The Hall–Kier alpha value is -0.550. The van der Waals surface area contributed by atoms with E-state index in [0.717, 1.165) is 5.56 Å². The molecule has 0 bridgehead atoms. The molecule has 3 unspecified atom stereocenters. The van der Waals surface area contributed by atoms with Gasteiger partial charge in [0, 0.05) is 17.8 Å². The number of aliphatic hydroxyl groups excluding tert-OH is 1. The molecule has 0 amide bonds. The molecule has 1 aromatic carbocycles. The van der Waals surface area contributed by atoms with Gasteiger partial charge in [0.15, 0.2) is 0 Å². The van der Waals surface area contributed by atoms with E-state index in [1.807, 2.05) is 42.1 Å².